The molecule has 0 aliphatic heterocycles. The van der Waals surface area contributed by atoms with Crippen LogP contribution in [0, 0.1) is 5.92 Å². The lowest BCUT2D eigenvalue weighted by Gasteiger charge is -2.34. The minimum atomic E-state index is -2.51. The average Bonchev–Trinajstić information content (AvgIpc) is 2.50. The van der Waals surface area contributed by atoms with Gasteiger partial charge in [0.25, 0.3) is 0 Å². The molecule has 3 N–H and O–H groups in total. The van der Waals surface area contributed by atoms with E-state index >= 15 is 0 Å². The molecular weight excluding hydrogens is 270 g/mol. The Morgan fingerprint density at radius 1 is 1.05 bits per heavy atom. The number of halogens is 2. The normalized spacial score (nSPS) is 20.5. The summed E-state index contributed by atoms with van der Waals surface area (Å²) in [7, 11) is 0. The molecule has 21 heavy (non-hydrogen) atoms. The largest absolute Gasteiger partial charge is 0.271 e. The zero-order valence-electron chi connectivity index (χ0n) is 11.9. The third-order valence-corrected chi connectivity index (χ3v) is 4.57. The molecule has 4 heteroatoms. The molecule has 0 amide bonds. The molecule has 0 spiro atoms. The Kier molecular flexibility index (Phi) is 3.91. The lowest BCUT2D eigenvalue weighted by atomic mass is 9.79. The molecule has 2 nitrogen and oxygen atoms in total. The summed E-state index contributed by atoms with van der Waals surface area (Å²) in [5.41, 5.74) is 3.97. The van der Waals surface area contributed by atoms with Crippen molar-refractivity contribution in [3.05, 3.63) is 48.0 Å². The van der Waals surface area contributed by atoms with E-state index in [2.05, 4.69) is 23.6 Å². The number of alkyl halides is 2. The van der Waals surface area contributed by atoms with Crippen molar-refractivity contribution >= 4 is 10.8 Å². The van der Waals surface area contributed by atoms with Crippen LogP contribution < -0.4 is 11.3 Å². The molecule has 1 atom stereocenters. The van der Waals surface area contributed by atoms with Crippen LogP contribution in [0.2, 0.25) is 0 Å². The van der Waals surface area contributed by atoms with Crippen molar-refractivity contribution in [1.82, 2.24) is 5.43 Å². The fourth-order valence-electron chi connectivity index (χ4n) is 3.40. The van der Waals surface area contributed by atoms with Crippen LogP contribution in [0.4, 0.5) is 8.78 Å². The van der Waals surface area contributed by atoms with Gasteiger partial charge in [-0.15, -0.1) is 0 Å². The predicted molar refractivity (Wildman–Crippen MR) is 80.9 cm³/mol. The molecule has 2 aromatic rings. The van der Waals surface area contributed by atoms with E-state index < -0.39 is 5.92 Å². The van der Waals surface area contributed by atoms with E-state index in [0.29, 0.717) is 12.8 Å². The molecule has 0 heterocycles. The standard InChI is InChI=1S/C17H20F2N2/c18-17(19)10-8-13(9-11-17)16(21-20)15-7-3-5-12-4-1-2-6-14(12)15/h1-7,13,16,21H,8-11,20H2. The van der Waals surface area contributed by atoms with Gasteiger partial charge in [-0.2, -0.15) is 0 Å². The number of nitrogens with two attached hydrogens (primary N) is 1. The van der Waals surface area contributed by atoms with Crippen LogP contribution in [-0.2, 0) is 0 Å². The van der Waals surface area contributed by atoms with Gasteiger partial charge < -0.3 is 0 Å². The zero-order valence-corrected chi connectivity index (χ0v) is 11.9. The molecular formula is C17H20F2N2. The van der Waals surface area contributed by atoms with Crippen molar-refractivity contribution < 1.29 is 8.78 Å². The highest BCUT2D eigenvalue weighted by atomic mass is 19.3. The van der Waals surface area contributed by atoms with Gasteiger partial charge in [-0.3, -0.25) is 11.3 Å². The second kappa shape index (κ2) is 5.70. The van der Waals surface area contributed by atoms with Crippen molar-refractivity contribution in [3.8, 4) is 0 Å². The third kappa shape index (κ3) is 2.92. The van der Waals surface area contributed by atoms with E-state index in [1.54, 1.807) is 0 Å². The molecule has 0 aromatic heterocycles. The Balaban J connectivity index is 1.92. The number of nitrogens with one attached hydrogen (secondary N) is 1. The Morgan fingerprint density at radius 2 is 1.71 bits per heavy atom. The molecule has 1 unspecified atom stereocenters. The molecule has 112 valence electrons. The Bertz CT molecular complexity index is 612. The minimum absolute atomic E-state index is 0.0411. The smallest absolute Gasteiger partial charge is 0.248 e. The van der Waals surface area contributed by atoms with Crippen LogP contribution in [0.1, 0.15) is 37.3 Å². The summed E-state index contributed by atoms with van der Waals surface area (Å²) in [4.78, 5) is 0. The first-order chi connectivity index (χ1) is 10.1. The molecule has 1 saturated carbocycles. The summed E-state index contributed by atoms with van der Waals surface area (Å²) in [6.07, 6.45) is 0.928. The maximum absolute atomic E-state index is 13.3. The summed E-state index contributed by atoms with van der Waals surface area (Å²) < 4.78 is 26.7. The fourth-order valence-corrected chi connectivity index (χ4v) is 3.40. The maximum atomic E-state index is 13.3. The molecule has 1 aliphatic rings. The Labute approximate surface area is 123 Å². The first-order valence-electron chi connectivity index (χ1n) is 7.42. The lowest BCUT2D eigenvalue weighted by Crippen LogP contribution is -2.37. The summed E-state index contributed by atoms with van der Waals surface area (Å²) in [5.74, 6) is 3.40. The van der Waals surface area contributed by atoms with Crippen LogP contribution in [0.5, 0.6) is 0 Å². The molecule has 0 radical (unpaired) electrons. The van der Waals surface area contributed by atoms with E-state index in [4.69, 9.17) is 5.84 Å². The first kappa shape index (κ1) is 14.4. The van der Waals surface area contributed by atoms with Gasteiger partial charge in [0.2, 0.25) is 5.92 Å². The predicted octanol–water partition coefficient (Wildman–Crippen LogP) is 4.17. The van der Waals surface area contributed by atoms with Crippen molar-refractivity contribution in [2.45, 2.75) is 37.6 Å². The van der Waals surface area contributed by atoms with Crippen LogP contribution in [-0.4, -0.2) is 5.92 Å². The summed E-state index contributed by atoms with van der Waals surface area (Å²) in [6, 6.07) is 14.1. The highest BCUT2D eigenvalue weighted by molar-refractivity contribution is 5.86. The Hall–Kier alpha value is -1.52. The van der Waals surface area contributed by atoms with E-state index in [1.807, 2.05) is 24.3 Å². The van der Waals surface area contributed by atoms with Gasteiger partial charge >= 0.3 is 0 Å². The number of rotatable bonds is 3. The second-order valence-electron chi connectivity index (χ2n) is 5.91. The number of hydrogen-bond acceptors (Lipinski definition) is 2. The maximum Gasteiger partial charge on any atom is 0.248 e. The Morgan fingerprint density at radius 3 is 2.43 bits per heavy atom. The topological polar surface area (TPSA) is 38.0 Å². The van der Waals surface area contributed by atoms with Crippen LogP contribution >= 0.6 is 0 Å². The van der Waals surface area contributed by atoms with Gasteiger partial charge in [-0.05, 0) is 35.1 Å². The quantitative estimate of drug-likeness (QED) is 0.657. The number of fused-ring (bicyclic) bond motifs is 1. The van der Waals surface area contributed by atoms with Gasteiger partial charge in [0.1, 0.15) is 0 Å². The SMILES string of the molecule is NNC(c1cccc2ccccc12)C1CCC(F)(F)CC1. The first-order valence-corrected chi connectivity index (χ1v) is 7.42. The van der Waals surface area contributed by atoms with E-state index in [9.17, 15) is 8.78 Å². The van der Waals surface area contributed by atoms with Crippen molar-refractivity contribution in [1.29, 1.82) is 0 Å². The number of benzene rings is 2. The van der Waals surface area contributed by atoms with Crippen molar-refractivity contribution in [2.24, 2.45) is 11.8 Å². The molecule has 3 rings (SSSR count). The van der Waals surface area contributed by atoms with Crippen LogP contribution in [0.3, 0.4) is 0 Å². The third-order valence-electron chi connectivity index (χ3n) is 4.57. The lowest BCUT2D eigenvalue weighted by molar-refractivity contribution is -0.0497. The van der Waals surface area contributed by atoms with Gasteiger partial charge in [0.15, 0.2) is 0 Å². The number of hydrazine groups is 1. The number of hydrogen-bond donors (Lipinski definition) is 2. The van der Waals surface area contributed by atoms with Crippen molar-refractivity contribution in [2.75, 3.05) is 0 Å². The van der Waals surface area contributed by atoms with Gasteiger partial charge in [-0.1, -0.05) is 42.5 Å². The van der Waals surface area contributed by atoms with Crippen LogP contribution in [0.15, 0.2) is 42.5 Å². The van der Waals surface area contributed by atoms with Gasteiger partial charge in [-0.25, -0.2) is 8.78 Å². The van der Waals surface area contributed by atoms with Gasteiger partial charge in [0, 0.05) is 18.9 Å². The zero-order chi connectivity index (χ0) is 14.9. The van der Waals surface area contributed by atoms with Crippen LogP contribution in [0.25, 0.3) is 10.8 Å². The van der Waals surface area contributed by atoms with Gasteiger partial charge in [0.05, 0.1) is 0 Å². The average molecular weight is 290 g/mol. The van der Waals surface area contributed by atoms with Crippen molar-refractivity contribution in [3.63, 3.8) is 0 Å². The monoisotopic (exact) mass is 290 g/mol. The molecule has 0 bridgehead atoms. The molecule has 2 aromatic carbocycles. The fraction of sp³-hybridized carbons (Fsp3) is 0.412. The molecule has 1 aliphatic carbocycles. The van der Waals surface area contributed by atoms with E-state index in [0.717, 1.165) is 16.3 Å². The highest BCUT2D eigenvalue weighted by Crippen LogP contribution is 2.42. The highest BCUT2D eigenvalue weighted by Gasteiger charge is 2.38. The summed E-state index contributed by atoms with van der Waals surface area (Å²) >= 11 is 0. The molecule has 0 saturated heterocycles. The minimum Gasteiger partial charge on any atom is -0.271 e. The summed E-state index contributed by atoms with van der Waals surface area (Å²) in [5, 5.41) is 2.29. The second-order valence-corrected chi connectivity index (χ2v) is 5.91. The van der Waals surface area contributed by atoms with E-state index in [1.165, 1.54) is 0 Å². The molecule has 1 fully saturated rings. The van der Waals surface area contributed by atoms with E-state index in [-0.39, 0.29) is 24.8 Å². The summed E-state index contributed by atoms with van der Waals surface area (Å²) in [6.45, 7) is 0.